The third-order valence-electron chi connectivity index (χ3n) is 5.84. The largest absolute Gasteiger partial charge is 0.451 e. The van der Waals surface area contributed by atoms with E-state index in [9.17, 15) is 0 Å². The summed E-state index contributed by atoms with van der Waals surface area (Å²) in [5.74, 6) is 2.01. The molecule has 0 spiro atoms. The first-order valence-corrected chi connectivity index (χ1v) is 10.8. The fourth-order valence-electron chi connectivity index (χ4n) is 4.32. The number of hydrogen-bond acceptors (Lipinski definition) is 4. The number of rotatable bonds is 0. The van der Waals surface area contributed by atoms with Crippen molar-refractivity contribution in [3.05, 3.63) is 93.6 Å². The molecule has 0 radical (unpaired) electrons. The van der Waals surface area contributed by atoms with Gasteiger partial charge in [0.05, 0.1) is 0 Å². The molecule has 2 aliphatic rings. The number of ether oxygens (including phenoxy) is 2. The first-order valence-electron chi connectivity index (χ1n) is 10.1. The van der Waals surface area contributed by atoms with E-state index in [2.05, 4.69) is 0 Å². The molecule has 0 aliphatic carbocycles. The van der Waals surface area contributed by atoms with Gasteiger partial charge in [-0.1, -0.05) is 83.9 Å². The molecule has 0 fully saturated rings. The molecular weight excluding hydrogens is 443 g/mol. The summed E-state index contributed by atoms with van der Waals surface area (Å²) >= 11 is 13.6. The smallest absolute Gasteiger partial charge is 0.175 e. The molecule has 152 valence electrons. The summed E-state index contributed by atoms with van der Waals surface area (Å²) in [4.78, 5) is 9.70. The van der Waals surface area contributed by atoms with Gasteiger partial charge in [-0.15, -0.1) is 0 Å². The molecule has 0 bridgehead atoms. The first kappa shape index (κ1) is 18.0. The van der Waals surface area contributed by atoms with Crippen LogP contribution in [0.4, 0.5) is 11.4 Å². The Morgan fingerprint density at radius 1 is 0.531 bits per heavy atom. The van der Waals surface area contributed by atoms with Crippen LogP contribution in [0.5, 0.6) is 23.0 Å². The van der Waals surface area contributed by atoms with Gasteiger partial charge in [-0.2, -0.15) is 0 Å². The fraction of sp³-hybridized carbons (Fsp3) is 0. The van der Waals surface area contributed by atoms with Gasteiger partial charge >= 0.3 is 0 Å². The molecule has 7 rings (SSSR count). The second-order valence-electron chi connectivity index (χ2n) is 7.68. The SMILES string of the molecule is Clc1c2c(c(Cl)c3c1=Nc1c(ccc4ccccc14)O3)=Nc1c(ccc3ccccc13)O2. The Morgan fingerprint density at radius 3 is 1.44 bits per heavy atom. The lowest BCUT2D eigenvalue weighted by Gasteiger charge is -2.22. The monoisotopic (exact) mass is 454 g/mol. The summed E-state index contributed by atoms with van der Waals surface area (Å²) in [5, 5.41) is 5.60. The lowest BCUT2D eigenvalue weighted by Crippen LogP contribution is -2.22. The van der Waals surface area contributed by atoms with Crippen LogP contribution in [-0.4, -0.2) is 0 Å². The maximum Gasteiger partial charge on any atom is 0.175 e. The molecule has 0 saturated carbocycles. The zero-order valence-electron chi connectivity index (χ0n) is 16.4. The van der Waals surface area contributed by atoms with Crippen molar-refractivity contribution in [1.29, 1.82) is 0 Å². The Labute approximate surface area is 192 Å². The van der Waals surface area contributed by atoms with Crippen molar-refractivity contribution >= 4 is 56.1 Å². The summed E-state index contributed by atoms with van der Waals surface area (Å²) in [5.41, 5.74) is 1.43. The summed E-state index contributed by atoms with van der Waals surface area (Å²) in [7, 11) is 0. The highest BCUT2D eigenvalue weighted by Gasteiger charge is 2.28. The zero-order valence-corrected chi connectivity index (χ0v) is 17.9. The normalized spacial score (nSPS) is 13.1. The first-order chi connectivity index (χ1) is 15.7. The van der Waals surface area contributed by atoms with E-state index in [4.69, 9.17) is 42.7 Å². The van der Waals surface area contributed by atoms with Crippen LogP contribution >= 0.6 is 23.2 Å². The Bertz CT molecular complexity index is 1630. The van der Waals surface area contributed by atoms with Crippen molar-refractivity contribution < 1.29 is 9.47 Å². The summed E-state index contributed by atoms with van der Waals surface area (Å²) < 4.78 is 12.4. The Balaban J connectivity index is 1.56. The number of nitrogens with zero attached hydrogens (tertiary/aromatic N) is 2. The van der Waals surface area contributed by atoms with Gasteiger partial charge in [-0.25, -0.2) is 9.98 Å². The molecule has 6 heteroatoms. The average molecular weight is 455 g/mol. The van der Waals surface area contributed by atoms with Crippen LogP contribution in [0.2, 0.25) is 10.0 Å². The molecule has 2 aliphatic heterocycles. The maximum absolute atomic E-state index is 6.80. The van der Waals surface area contributed by atoms with Crippen molar-refractivity contribution in [3.8, 4) is 23.0 Å². The summed E-state index contributed by atoms with van der Waals surface area (Å²) in [6.45, 7) is 0. The summed E-state index contributed by atoms with van der Waals surface area (Å²) in [6.07, 6.45) is 0. The van der Waals surface area contributed by atoms with Crippen LogP contribution < -0.4 is 20.2 Å². The molecule has 0 amide bonds. The van der Waals surface area contributed by atoms with Crippen LogP contribution in [0.25, 0.3) is 21.5 Å². The van der Waals surface area contributed by atoms with E-state index in [0.717, 1.165) is 21.5 Å². The van der Waals surface area contributed by atoms with Crippen molar-refractivity contribution in [3.63, 3.8) is 0 Å². The van der Waals surface area contributed by atoms with Crippen LogP contribution in [0, 0.1) is 0 Å². The minimum absolute atomic E-state index is 0.320. The van der Waals surface area contributed by atoms with Crippen LogP contribution in [-0.2, 0) is 0 Å². The van der Waals surface area contributed by atoms with Crippen LogP contribution in [0.15, 0.2) is 82.8 Å². The number of benzene rings is 5. The molecule has 0 aromatic heterocycles. The van der Waals surface area contributed by atoms with Gasteiger partial charge in [0, 0.05) is 10.8 Å². The van der Waals surface area contributed by atoms with E-state index in [1.807, 2.05) is 72.8 Å². The molecule has 5 aromatic rings. The third-order valence-corrected chi connectivity index (χ3v) is 6.54. The molecule has 0 atom stereocenters. The van der Waals surface area contributed by atoms with Crippen molar-refractivity contribution in [1.82, 2.24) is 0 Å². The quantitative estimate of drug-likeness (QED) is 0.239. The van der Waals surface area contributed by atoms with Gasteiger partial charge in [0.25, 0.3) is 0 Å². The van der Waals surface area contributed by atoms with E-state index >= 15 is 0 Å². The molecule has 32 heavy (non-hydrogen) atoms. The lowest BCUT2D eigenvalue weighted by molar-refractivity contribution is 0.452. The minimum atomic E-state index is 0.320. The van der Waals surface area contributed by atoms with Gasteiger partial charge in [0.1, 0.15) is 32.1 Å². The Kier molecular flexibility index (Phi) is 3.63. The van der Waals surface area contributed by atoms with E-state index in [0.29, 0.717) is 55.1 Å². The van der Waals surface area contributed by atoms with Crippen molar-refractivity contribution in [2.45, 2.75) is 0 Å². The molecule has 0 unspecified atom stereocenters. The van der Waals surface area contributed by atoms with Crippen molar-refractivity contribution in [2.24, 2.45) is 9.98 Å². The maximum atomic E-state index is 6.80. The van der Waals surface area contributed by atoms with Crippen molar-refractivity contribution in [2.75, 3.05) is 0 Å². The predicted molar refractivity (Wildman–Crippen MR) is 126 cm³/mol. The molecule has 2 heterocycles. The van der Waals surface area contributed by atoms with Gasteiger partial charge in [0.2, 0.25) is 0 Å². The molecule has 5 aromatic carbocycles. The van der Waals surface area contributed by atoms with Gasteiger partial charge in [0.15, 0.2) is 23.0 Å². The average Bonchev–Trinajstić information content (AvgIpc) is 2.85. The number of fused-ring (bicyclic) bond motifs is 8. The van der Waals surface area contributed by atoms with Crippen LogP contribution in [0.1, 0.15) is 0 Å². The molecule has 0 N–H and O–H groups in total. The standard InChI is InChI=1S/C26H12Cl2N2O2/c27-19-23-25(31-17-11-9-13-5-1-3-7-15(13)21(17)29-23)20(28)24-26(19)32-18-12-10-14-6-2-4-8-16(14)22(18)30-24/h1-12H. The van der Waals surface area contributed by atoms with E-state index < -0.39 is 0 Å². The van der Waals surface area contributed by atoms with E-state index in [1.54, 1.807) is 0 Å². The number of halogens is 2. The van der Waals surface area contributed by atoms with Gasteiger partial charge < -0.3 is 9.47 Å². The highest BCUT2D eigenvalue weighted by Crippen LogP contribution is 2.46. The predicted octanol–water partition coefficient (Wildman–Crippen LogP) is 7.41. The Morgan fingerprint density at radius 2 is 0.969 bits per heavy atom. The fourth-order valence-corrected chi connectivity index (χ4v) is 4.83. The number of hydrogen-bond donors (Lipinski definition) is 0. The second kappa shape index (κ2) is 6.45. The van der Waals surface area contributed by atoms with E-state index in [-0.39, 0.29) is 0 Å². The zero-order chi connectivity index (χ0) is 21.4. The molecule has 0 saturated heterocycles. The van der Waals surface area contributed by atoms with Gasteiger partial charge in [-0.3, -0.25) is 0 Å². The second-order valence-corrected chi connectivity index (χ2v) is 8.43. The van der Waals surface area contributed by atoms with Crippen LogP contribution in [0.3, 0.4) is 0 Å². The highest BCUT2D eigenvalue weighted by molar-refractivity contribution is 6.35. The topological polar surface area (TPSA) is 43.2 Å². The third kappa shape index (κ3) is 2.39. The minimum Gasteiger partial charge on any atom is -0.451 e. The molecule has 4 nitrogen and oxygen atoms in total. The van der Waals surface area contributed by atoms with Gasteiger partial charge in [-0.05, 0) is 22.9 Å². The van der Waals surface area contributed by atoms with E-state index in [1.165, 1.54) is 0 Å². The molecular formula is C26H12Cl2N2O2. The summed E-state index contributed by atoms with van der Waals surface area (Å²) in [6, 6.07) is 23.8. The highest BCUT2D eigenvalue weighted by atomic mass is 35.5. The Hall–Kier alpha value is -3.60. The lowest BCUT2D eigenvalue weighted by atomic mass is 10.1.